The molecular weight excluding hydrogens is 370 g/mol. The van der Waals surface area contributed by atoms with Crippen LogP contribution in [0.4, 0.5) is 11.6 Å². The van der Waals surface area contributed by atoms with Gasteiger partial charge in [-0.3, -0.25) is 4.79 Å². The van der Waals surface area contributed by atoms with Crippen molar-refractivity contribution in [1.82, 2.24) is 0 Å². The summed E-state index contributed by atoms with van der Waals surface area (Å²) in [5.41, 5.74) is 0.592. The predicted octanol–water partition coefficient (Wildman–Crippen LogP) is 4.43. The molecule has 0 spiro atoms. The van der Waals surface area contributed by atoms with E-state index in [-0.39, 0.29) is 5.57 Å². The molecule has 0 bridgehead atoms. The van der Waals surface area contributed by atoms with Crippen LogP contribution in [0.1, 0.15) is 19.6 Å². The second-order valence-electron chi connectivity index (χ2n) is 4.98. The van der Waals surface area contributed by atoms with E-state index < -0.39 is 5.91 Å². The van der Waals surface area contributed by atoms with Crippen molar-refractivity contribution in [3.63, 3.8) is 0 Å². The number of carbonyl (C=O) groups is 1. The summed E-state index contributed by atoms with van der Waals surface area (Å²) in [5.74, 6) is 0.713. The summed E-state index contributed by atoms with van der Waals surface area (Å²) >= 11 is 3.34. The van der Waals surface area contributed by atoms with E-state index in [9.17, 15) is 10.1 Å². The molecule has 0 aliphatic rings. The number of halogens is 1. The van der Waals surface area contributed by atoms with Crippen LogP contribution in [0, 0.1) is 11.3 Å². The van der Waals surface area contributed by atoms with Crippen LogP contribution in [0.25, 0.3) is 6.08 Å². The molecule has 1 heterocycles. The highest BCUT2D eigenvalue weighted by Crippen LogP contribution is 2.21. The highest BCUT2D eigenvalue weighted by Gasteiger charge is 2.12. The summed E-state index contributed by atoms with van der Waals surface area (Å²) in [5, 5.41) is 12.0. The zero-order valence-electron chi connectivity index (χ0n) is 13.5. The van der Waals surface area contributed by atoms with Crippen molar-refractivity contribution in [2.75, 3.05) is 23.3 Å². The predicted molar refractivity (Wildman–Crippen MR) is 98.6 cm³/mol. The number of nitrogens with zero attached hydrogens (tertiary/aromatic N) is 2. The molecule has 0 saturated heterocycles. The number of nitrogens with one attached hydrogen (secondary N) is 1. The van der Waals surface area contributed by atoms with Crippen LogP contribution < -0.4 is 10.2 Å². The van der Waals surface area contributed by atoms with Gasteiger partial charge >= 0.3 is 0 Å². The normalized spacial score (nSPS) is 11.0. The van der Waals surface area contributed by atoms with Crippen molar-refractivity contribution in [2.45, 2.75) is 13.8 Å². The highest BCUT2D eigenvalue weighted by atomic mass is 79.9. The molecular formula is C18H18BrN3O2. The molecule has 0 atom stereocenters. The third-order valence-electron chi connectivity index (χ3n) is 3.42. The molecule has 24 heavy (non-hydrogen) atoms. The first-order valence-electron chi connectivity index (χ1n) is 7.60. The Hall–Kier alpha value is -2.52. The standard InChI is InChI=1S/C18H18BrN3O2/c1-3-22(4-2)17-9-8-16(24-17)10-13(12-20)18(23)21-15-7-5-6-14(19)11-15/h5-11H,3-4H2,1-2H3,(H,21,23). The lowest BCUT2D eigenvalue weighted by Gasteiger charge is -2.16. The number of amides is 1. The average Bonchev–Trinajstić information content (AvgIpc) is 3.02. The molecule has 1 amide bonds. The first-order valence-corrected chi connectivity index (χ1v) is 8.40. The van der Waals surface area contributed by atoms with Gasteiger partial charge in [0.25, 0.3) is 5.91 Å². The van der Waals surface area contributed by atoms with Gasteiger partial charge in [0, 0.05) is 35.4 Å². The Bertz CT molecular complexity index is 786. The number of carbonyl (C=O) groups excluding carboxylic acids is 1. The van der Waals surface area contributed by atoms with Gasteiger partial charge in [0.15, 0.2) is 5.88 Å². The first-order chi connectivity index (χ1) is 11.6. The van der Waals surface area contributed by atoms with Gasteiger partial charge in [0.1, 0.15) is 17.4 Å². The maximum absolute atomic E-state index is 12.2. The molecule has 1 N–H and O–H groups in total. The zero-order chi connectivity index (χ0) is 17.5. The molecule has 0 aliphatic carbocycles. The van der Waals surface area contributed by atoms with E-state index in [4.69, 9.17) is 4.42 Å². The molecule has 1 aromatic carbocycles. The lowest BCUT2D eigenvalue weighted by Crippen LogP contribution is -2.20. The van der Waals surface area contributed by atoms with Crippen molar-refractivity contribution in [1.29, 1.82) is 5.26 Å². The fourth-order valence-electron chi connectivity index (χ4n) is 2.18. The summed E-state index contributed by atoms with van der Waals surface area (Å²) in [4.78, 5) is 14.3. The Morgan fingerprint density at radius 2 is 2.08 bits per heavy atom. The molecule has 6 heteroatoms. The molecule has 5 nitrogen and oxygen atoms in total. The molecule has 0 saturated carbocycles. The summed E-state index contributed by atoms with van der Waals surface area (Å²) in [6, 6.07) is 12.7. The van der Waals surface area contributed by atoms with Crippen molar-refractivity contribution in [3.05, 3.63) is 52.2 Å². The Kier molecular flexibility index (Phi) is 6.21. The molecule has 0 radical (unpaired) electrons. The monoisotopic (exact) mass is 387 g/mol. The van der Waals surface area contributed by atoms with Gasteiger partial charge in [0.05, 0.1) is 0 Å². The zero-order valence-corrected chi connectivity index (χ0v) is 15.1. The van der Waals surface area contributed by atoms with Crippen LogP contribution in [0.5, 0.6) is 0 Å². The lowest BCUT2D eigenvalue weighted by molar-refractivity contribution is -0.112. The quantitative estimate of drug-likeness (QED) is 0.587. The summed E-state index contributed by atoms with van der Waals surface area (Å²) in [7, 11) is 0. The lowest BCUT2D eigenvalue weighted by atomic mass is 10.2. The van der Waals surface area contributed by atoms with Crippen LogP contribution in [0.2, 0.25) is 0 Å². The average molecular weight is 388 g/mol. The maximum atomic E-state index is 12.2. The van der Waals surface area contributed by atoms with E-state index >= 15 is 0 Å². The molecule has 2 aromatic rings. The third kappa shape index (κ3) is 4.49. The number of anilines is 2. The van der Waals surface area contributed by atoms with Crippen molar-refractivity contribution < 1.29 is 9.21 Å². The second-order valence-corrected chi connectivity index (χ2v) is 5.90. The maximum Gasteiger partial charge on any atom is 0.266 e. The molecule has 124 valence electrons. The van der Waals surface area contributed by atoms with Gasteiger partial charge in [-0.2, -0.15) is 5.26 Å². The van der Waals surface area contributed by atoms with E-state index in [1.165, 1.54) is 6.08 Å². The van der Waals surface area contributed by atoms with Gasteiger partial charge in [-0.15, -0.1) is 0 Å². The largest absolute Gasteiger partial charge is 0.441 e. The van der Waals surface area contributed by atoms with E-state index in [1.54, 1.807) is 24.3 Å². The minimum atomic E-state index is -0.476. The van der Waals surface area contributed by atoms with Crippen LogP contribution in [-0.2, 0) is 4.79 Å². The fourth-order valence-corrected chi connectivity index (χ4v) is 2.58. The number of rotatable bonds is 6. The van der Waals surface area contributed by atoms with Crippen LogP contribution in [0.3, 0.4) is 0 Å². The summed E-state index contributed by atoms with van der Waals surface area (Å²) in [6.45, 7) is 5.71. The summed E-state index contributed by atoms with van der Waals surface area (Å²) < 4.78 is 6.54. The van der Waals surface area contributed by atoms with Gasteiger partial charge < -0.3 is 14.6 Å². The van der Waals surface area contributed by atoms with Crippen molar-refractivity contribution in [3.8, 4) is 6.07 Å². The second kappa shape index (κ2) is 8.37. The first kappa shape index (κ1) is 17.8. The SMILES string of the molecule is CCN(CC)c1ccc(C=C(C#N)C(=O)Nc2cccc(Br)c2)o1. The van der Waals surface area contributed by atoms with E-state index in [1.807, 2.05) is 36.9 Å². The third-order valence-corrected chi connectivity index (χ3v) is 3.92. The van der Waals surface area contributed by atoms with Crippen LogP contribution >= 0.6 is 15.9 Å². The number of furan rings is 1. The molecule has 0 aliphatic heterocycles. The fraction of sp³-hybridized carbons (Fsp3) is 0.222. The number of hydrogen-bond acceptors (Lipinski definition) is 4. The van der Waals surface area contributed by atoms with Gasteiger partial charge in [0.2, 0.25) is 0 Å². The summed E-state index contributed by atoms with van der Waals surface area (Å²) in [6.07, 6.45) is 1.44. The Balaban J connectivity index is 2.17. The topological polar surface area (TPSA) is 69.3 Å². The number of hydrogen-bond donors (Lipinski definition) is 1. The molecule has 0 unspecified atom stereocenters. The number of nitriles is 1. The Labute approximate surface area is 149 Å². The van der Waals surface area contributed by atoms with Gasteiger partial charge in [-0.25, -0.2) is 0 Å². The molecule has 1 aromatic heterocycles. The highest BCUT2D eigenvalue weighted by molar-refractivity contribution is 9.10. The van der Waals surface area contributed by atoms with Gasteiger partial charge in [-0.05, 0) is 38.1 Å². The van der Waals surface area contributed by atoms with Crippen molar-refractivity contribution >= 4 is 39.5 Å². The minimum absolute atomic E-state index is 0.0181. The van der Waals surface area contributed by atoms with Crippen LogP contribution in [0.15, 0.2) is 50.9 Å². The van der Waals surface area contributed by atoms with E-state index in [0.29, 0.717) is 11.4 Å². The minimum Gasteiger partial charge on any atom is -0.441 e. The van der Waals surface area contributed by atoms with E-state index in [0.717, 1.165) is 23.4 Å². The van der Waals surface area contributed by atoms with Crippen molar-refractivity contribution in [2.24, 2.45) is 0 Å². The number of benzene rings is 1. The molecule has 2 rings (SSSR count). The Morgan fingerprint density at radius 1 is 1.33 bits per heavy atom. The van der Waals surface area contributed by atoms with E-state index in [2.05, 4.69) is 21.2 Å². The van der Waals surface area contributed by atoms with Gasteiger partial charge in [-0.1, -0.05) is 22.0 Å². The van der Waals surface area contributed by atoms with Crippen LogP contribution in [-0.4, -0.2) is 19.0 Å². The smallest absolute Gasteiger partial charge is 0.266 e. The molecule has 0 fully saturated rings. The Morgan fingerprint density at radius 3 is 2.71 bits per heavy atom.